The van der Waals surface area contributed by atoms with Gasteiger partial charge in [0, 0.05) is 38.2 Å². The van der Waals surface area contributed by atoms with Gasteiger partial charge in [0.15, 0.2) is 11.5 Å². The van der Waals surface area contributed by atoms with Crippen molar-refractivity contribution in [3.63, 3.8) is 0 Å². The summed E-state index contributed by atoms with van der Waals surface area (Å²) in [5.74, 6) is 1.45. The Morgan fingerprint density at radius 1 is 1.41 bits per heavy atom. The van der Waals surface area contributed by atoms with Crippen molar-refractivity contribution in [1.29, 1.82) is 0 Å². The molecule has 0 saturated carbocycles. The lowest BCUT2D eigenvalue weighted by atomic mass is 10.0. The van der Waals surface area contributed by atoms with E-state index in [9.17, 15) is 4.79 Å². The minimum atomic E-state index is -0.273. The number of aromatic nitrogens is 3. The number of urea groups is 1. The molecule has 0 bridgehead atoms. The molecule has 4 rings (SSSR count). The first kappa shape index (κ1) is 17.5. The SMILES string of the molecule is CCn1ccnc1[C@H]1OCCC[C@@H]1NC(=O)Nc1ccc2oc(C)nc2c1. The highest BCUT2D eigenvalue weighted by Gasteiger charge is 2.31. The van der Waals surface area contributed by atoms with Crippen molar-refractivity contribution in [2.24, 2.45) is 0 Å². The minimum Gasteiger partial charge on any atom is -0.441 e. The summed E-state index contributed by atoms with van der Waals surface area (Å²) in [4.78, 5) is 21.3. The number of ether oxygens (including phenoxy) is 1. The number of amides is 2. The number of hydrogen-bond donors (Lipinski definition) is 2. The summed E-state index contributed by atoms with van der Waals surface area (Å²) in [5, 5.41) is 5.91. The Bertz CT molecular complexity index is 948. The van der Waals surface area contributed by atoms with Gasteiger partial charge in [0.05, 0.1) is 6.04 Å². The molecule has 2 aromatic heterocycles. The number of carbonyl (C=O) groups excluding carboxylic acids is 1. The Labute approximate surface area is 156 Å². The van der Waals surface area contributed by atoms with Crippen molar-refractivity contribution >= 4 is 22.8 Å². The van der Waals surface area contributed by atoms with E-state index in [1.54, 1.807) is 31.3 Å². The van der Waals surface area contributed by atoms with Crippen LogP contribution in [0.25, 0.3) is 11.1 Å². The van der Waals surface area contributed by atoms with E-state index < -0.39 is 0 Å². The van der Waals surface area contributed by atoms with Crippen LogP contribution < -0.4 is 10.6 Å². The fourth-order valence-corrected chi connectivity index (χ4v) is 3.48. The summed E-state index contributed by atoms with van der Waals surface area (Å²) in [6.07, 6.45) is 5.19. The molecule has 1 fully saturated rings. The van der Waals surface area contributed by atoms with Crippen LogP contribution in [0.2, 0.25) is 0 Å². The van der Waals surface area contributed by atoms with E-state index in [2.05, 4.69) is 27.5 Å². The Morgan fingerprint density at radius 3 is 3.15 bits per heavy atom. The lowest BCUT2D eigenvalue weighted by Crippen LogP contribution is -2.45. The summed E-state index contributed by atoms with van der Waals surface area (Å²) in [6, 6.07) is 4.99. The molecule has 1 saturated heterocycles. The number of anilines is 1. The van der Waals surface area contributed by atoms with Crippen LogP contribution in [0.4, 0.5) is 10.5 Å². The summed E-state index contributed by atoms with van der Waals surface area (Å²) < 4.78 is 13.4. The molecule has 0 radical (unpaired) electrons. The van der Waals surface area contributed by atoms with E-state index in [4.69, 9.17) is 9.15 Å². The smallest absolute Gasteiger partial charge is 0.319 e. The molecule has 27 heavy (non-hydrogen) atoms. The maximum Gasteiger partial charge on any atom is 0.319 e. The quantitative estimate of drug-likeness (QED) is 0.735. The molecule has 1 aromatic carbocycles. The van der Waals surface area contributed by atoms with Gasteiger partial charge in [-0.3, -0.25) is 0 Å². The Hall–Kier alpha value is -2.87. The summed E-state index contributed by atoms with van der Waals surface area (Å²) in [5.41, 5.74) is 2.08. The third-order valence-electron chi connectivity index (χ3n) is 4.73. The van der Waals surface area contributed by atoms with Gasteiger partial charge in [-0.1, -0.05) is 0 Å². The first-order valence-corrected chi connectivity index (χ1v) is 9.21. The third kappa shape index (κ3) is 3.66. The first-order valence-electron chi connectivity index (χ1n) is 9.21. The third-order valence-corrected chi connectivity index (χ3v) is 4.73. The van der Waals surface area contributed by atoms with Crippen LogP contribution in [0.3, 0.4) is 0 Å². The van der Waals surface area contributed by atoms with Crippen LogP contribution in [-0.2, 0) is 11.3 Å². The Kier molecular flexibility index (Phi) is 4.81. The van der Waals surface area contributed by atoms with Crippen molar-refractivity contribution in [3.8, 4) is 0 Å². The predicted octanol–water partition coefficient (Wildman–Crippen LogP) is 3.39. The number of hydrogen-bond acceptors (Lipinski definition) is 5. The highest BCUT2D eigenvalue weighted by atomic mass is 16.5. The molecule has 8 nitrogen and oxygen atoms in total. The maximum absolute atomic E-state index is 12.5. The summed E-state index contributed by atoms with van der Waals surface area (Å²) >= 11 is 0. The van der Waals surface area contributed by atoms with Gasteiger partial charge >= 0.3 is 6.03 Å². The molecular formula is C19H23N5O3. The monoisotopic (exact) mass is 369 g/mol. The second-order valence-corrected chi connectivity index (χ2v) is 6.63. The molecule has 0 spiro atoms. The molecule has 3 aromatic rings. The van der Waals surface area contributed by atoms with Gasteiger partial charge in [-0.05, 0) is 38.0 Å². The molecular weight excluding hydrogens is 346 g/mol. The summed E-state index contributed by atoms with van der Waals surface area (Å²) in [7, 11) is 0. The lowest BCUT2D eigenvalue weighted by Gasteiger charge is -2.32. The second-order valence-electron chi connectivity index (χ2n) is 6.63. The number of imidazole rings is 1. The van der Waals surface area contributed by atoms with Gasteiger partial charge < -0.3 is 24.4 Å². The number of benzene rings is 1. The van der Waals surface area contributed by atoms with Gasteiger partial charge in [-0.2, -0.15) is 0 Å². The molecule has 0 unspecified atom stereocenters. The van der Waals surface area contributed by atoms with Crippen LogP contribution in [0.15, 0.2) is 35.0 Å². The average Bonchev–Trinajstić information content (AvgIpc) is 3.27. The normalized spacial score (nSPS) is 19.9. The van der Waals surface area contributed by atoms with Crippen molar-refractivity contribution < 1.29 is 13.9 Å². The molecule has 2 amide bonds. The Morgan fingerprint density at radius 2 is 2.30 bits per heavy atom. The van der Waals surface area contributed by atoms with E-state index >= 15 is 0 Å². The minimum absolute atomic E-state index is 0.135. The molecule has 0 aliphatic carbocycles. The van der Waals surface area contributed by atoms with Gasteiger partial charge in [-0.25, -0.2) is 14.8 Å². The number of rotatable bonds is 4. The zero-order valence-corrected chi connectivity index (χ0v) is 15.4. The fourth-order valence-electron chi connectivity index (χ4n) is 3.48. The highest BCUT2D eigenvalue weighted by Crippen LogP contribution is 2.28. The van der Waals surface area contributed by atoms with E-state index in [0.29, 0.717) is 29.3 Å². The van der Waals surface area contributed by atoms with Crippen LogP contribution in [0.1, 0.15) is 37.6 Å². The molecule has 3 heterocycles. The van der Waals surface area contributed by atoms with Gasteiger partial charge in [0.1, 0.15) is 17.4 Å². The number of nitrogens with zero attached hydrogens (tertiary/aromatic N) is 3. The van der Waals surface area contributed by atoms with Crippen molar-refractivity contribution in [2.45, 2.75) is 45.4 Å². The molecule has 2 atom stereocenters. The Balaban J connectivity index is 1.46. The van der Waals surface area contributed by atoms with Crippen molar-refractivity contribution in [2.75, 3.05) is 11.9 Å². The zero-order valence-electron chi connectivity index (χ0n) is 15.4. The second kappa shape index (κ2) is 7.40. The van der Waals surface area contributed by atoms with Crippen molar-refractivity contribution in [3.05, 3.63) is 42.3 Å². The van der Waals surface area contributed by atoms with Crippen LogP contribution in [-0.4, -0.2) is 33.2 Å². The molecule has 8 heteroatoms. The fraction of sp³-hybridized carbons (Fsp3) is 0.421. The number of oxazole rings is 1. The molecule has 2 N–H and O–H groups in total. The van der Waals surface area contributed by atoms with Gasteiger partial charge in [0.25, 0.3) is 0 Å². The van der Waals surface area contributed by atoms with Crippen LogP contribution >= 0.6 is 0 Å². The largest absolute Gasteiger partial charge is 0.441 e. The van der Waals surface area contributed by atoms with Gasteiger partial charge in [-0.15, -0.1) is 0 Å². The zero-order chi connectivity index (χ0) is 18.8. The summed E-state index contributed by atoms with van der Waals surface area (Å²) in [6.45, 7) is 5.34. The lowest BCUT2D eigenvalue weighted by molar-refractivity contribution is -0.0140. The number of carbonyl (C=O) groups is 1. The number of nitrogens with one attached hydrogen (secondary N) is 2. The van der Waals surface area contributed by atoms with E-state index in [1.165, 1.54) is 0 Å². The van der Waals surface area contributed by atoms with E-state index in [0.717, 1.165) is 25.2 Å². The van der Waals surface area contributed by atoms with Crippen LogP contribution in [0.5, 0.6) is 0 Å². The maximum atomic E-state index is 12.5. The predicted molar refractivity (Wildman–Crippen MR) is 101 cm³/mol. The number of fused-ring (bicyclic) bond motifs is 1. The van der Waals surface area contributed by atoms with Gasteiger partial charge in [0.2, 0.25) is 0 Å². The highest BCUT2D eigenvalue weighted by molar-refractivity contribution is 5.91. The van der Waals surface area contributed by atoms with E-state index in [-0.39, 0.29) is 18.2 Å². The van der Waals surface area contributed by atoms with E-state index in [1.807, 2.05) is 10.8 Å². The van der Waals surface area contributed by atoms with Crippen molar-refractivity contribution in [1.82, 2.24) is 19.9 Å². The molecule has 1 aliphatic rings. The first-order chi connectivity index (χ1) is 13.1. The topological polar surface area (TPSA) is 94.2 Å². The number of aryl methyl sites for hydroxylation is 2. The molecule has 142 valence electrons. The average molecular weight is 369 g/mol. The standard InChI is InChI=1S/C19H23N5O3/c1-3-24-9-8-20-18(24)17-14(5-4-10-26-17)23-19(25)22-13-6-7-16-15(11-13)21-12(2)27-16/h6-9,11,14,17H,3-5,10H2,1-2H3,(H2,22,23,25)/t14-,17-/m0/s1. The van der Waals surface area contributed by atoms with Crippen LogP contribution in [0, 0.1) is 6.92 Å². The molecule has 1 aliphatic heterocycles.